The molecule has 98 valence electrons. The van der Waals surface area contributed by atoms with Crippen molar-refractivity contribution in [3.63, 3.8) is 0 Å². The molecular formula is C17H14N2O. The van der Waals surface area contributed by atoms with Crippen LogP contribution in [0.3, 0.4) is 0 Å². The smallest absolute Gasteiger partial charge is 0.195 e. The van der Waals surface area contributed by atoms with Crippen molar-refractivity contribution >= 4 is 16.7 Å². The van der Waals surface area contributed by atoms with Crippen molar-refractivity contribution in [2.24, 2.45) is 0 Å². The molecule has 0 atom stereocenters. The fraction of sp³-hybridized carbons (Fsp3) is 0.118. The van der Waals surface area contributed by atoms with Gasteiger partial charge >= 0.3 is 0 Å². The molecule has 0 unspecified atom stereocenters. The van der Waals surface area contributed by atoms with Crippen LogP contribution in [0.4, 0.5) is 0 Å². The Morgan fingerprint density at radius 2 is 1.80 bits per heavy atom. The molecule has 3 aromatic rings. The third-order valence-electron chi connectivity index (χ3n) is 3.36. The molecule has 0 fully saturated rings. The van der Waals surface area contributed by atoms with Gasteiger partial charge in [0, 0.05) is 34.1 Å². The van der Waals surface area contributed by atoms with E-state index in [1.165, 1.54) is 0 Å². The average Bonchev–Trinajstić information content (AvgIpc) is 2.46. The van der Waals surface area contributed by atoms with E-state index < -0.39 is 0 Å². The summed E-state index contributed by atoms with van der Waals surface area (Å²) in [5, 5.41) is 0.875. The molecule has 2 aromatic heterocycles. The number of benzene rings is 1. The normalized spacial score (nSPS) is 10.7. The third kappa shape index (κ3) is 2.07. The van der Waals surface area contributed by atoms with Crippen LogP contribution in [0.15, 0.2) is 48.7 Å². The summed E-state index contributed by atoms with van der Waals surface area (Å²) >= 11 is 0. The Bertz CT molecular complexity index is 804. The van der Waals surface area contributed by atoms with Crippen LogP contribution in [0, 0.1) is 13.8 Å². The molecule has 0 saturated heterocycles. The maximum atomic E-state index is 12.7. The number of fused-ring (bicyclic) bond motifs is 1. The fourth-order valence-corrected chi connectivity index (χ4v) is 2.37. The topological polar surface area (TPSA) is 42.9 Å². The Balaban J connectivity index is 2.18. The molecule has 3 heteroatoms. The van der Waals surface area contributed by atoms with E-state index in [1.54, 1.807) is 6.20 Å². The minimum Gasteiger partial charge on any atom is -0.289 e. The van der Waals surface area contributed by atoms with Gasteiger partial charge in [0.25, 0.3) is 0 Å². The molecule has 0 aliphatic rings. The van der Waals surface area contributed by atoms with E-state index in [-0.39, 0.29) is 5.78 Å². The predicted octanol–water partition coefficient (Wildman–Crippen LogP) is 3.48. The molecule has 0 spiro atoms. The van der Waals surface area contributed by atoms with Gasteiger partial charge in [-0.15, -0.1) is 0 Å². The Hall–Kier alpha value is -2.55. The van der Waals surface area contributed by atoms with Crippen LogP contribution in [-0.2, 0) is 0 Å². The number of rotatable bonds is 2. The van der Waals surface area contributed by atoms with E-state index in [4.69, 9.17) is 0 Å². The third-order valence-corrected chi connectivity index (χ3v) is 3.36. The van der Waals surface area contributed by atoms with Crippen molar-refractivity contribution in [2.75, 3.05) is 0 Å². The summed E-state index contributed by atoms with van der Waals surface area (Å²) in [6.07, 6.45) is 1.73. The Labute approximate surface area is 117 Å². The minimum atomic E-state index is -0.00593. The van der Waals surface area contributed by atoms with E-state index >= 15 is 0 Å². The number of aryl methyl sites for hydroxylation is 2. The van der Waals surface area contributed by atoms with E-state index in [9.17, 15) is 4.79 Å². The van der Waals surface area contributed by atoms with Crippen LogP contribution < -0.4 is 0 Å². The first-order valence-electron chi connectivity index (χ1n) is 6.49. The van der Waals surface area contributed by atoms with Crippen LogP contribution in [0.2, 0.25) is 0 Å². The van der Waals surface area contributed by atoms with Gasteiger partial charge in [0.2, 0.25) is 0 Å². The van der Waals surface area contributed by atoms with Crippen LogP contribution in [0.1, 0.15) is 27.3 Å². The lowest BCUT2D eigenvalue weighted by Crippen LogP contribution is -2.06. The molecule has 1 aromatic carbocycles. The summed E-state index contributed by atoms with van der Waals surface area (Å²) in [6, 6.07) is 13.1. The molecule has 3 rings (SSSR count). The van der Waals surface area contributed by atoms with Crippen LogP contribution >= 0.6 is 0 Å². The van der Waals surface area contributed by atoms with Crippen molar-refractivity contribution in [1.29, 1.82) is 0 Å². The van der Waals surface area contributed by atoms with Crippen LogP contribution in [0.25, 0.3) is 10.9 Å². The van der Waals surface area contributed by atoms with Crippen molar-refractivity contribution < 1.29 is 4.79 Å². The lowest BCUT2D eigenvalue weighted by atomic mass is 9.98. The molecule has 0 radical (unpaired) electrons. The maximum Gasteiger partial charge on any atom is 0.195 e. The number of carbonyl (C=O) groups is 1. The largest absolute Gasteiger partial charge is 0.289 e. The molecule has 0 aliphatic carbocycles. The molecule has 0 amide bonds. The monoisotopic (exact) mass is 262 g/mol. The second-order valence-corrected chi connectivity index (χ2v) is 4.79. The number of nitrogens with zero attached hydrogens (tertiary/aromatic N) is 2. The minimum absolute atomic E-state index is 0.00593. The highest BCUT2D eigenvalue weighted by Crippen LogP contribution is 2.21. The van der Waals surface area contributed by atoms with Crippen molar-refractivity contribution in [3.05, 3.63) is 71.2 Å². The fourth-order valence-electron chi connectivity index (χ4n) is 2.37. The quantitative estimate of drug-likeness (QED) is 0.664. The highest BCUT2D eigenvalue weighted by Gasteiger charge is 2.15. The number of aromatic nitrogens is 2. The summed E-state index contributed by atoms with van der Waals surface area (Å²) in [5.41, 5.74) is 3.82. The summed E-state index contributed by atoms with van der Waals surface area (Å²) in [4.78, 5) is 21.4. The second kappa shape index (κ2) is 4.85. The molecule has 0 aliphatic heterocycles. The number of ketones is 1. The van der Waals surface area contributed by atoms with Gasteiger partial charge < -0.3 is 0 Å². The van der Waals surface area contributed by atoms with Gasteiger partial charge in [-0.2, -0.15) is 0 Å². The molecule has 2 heterocycles. The van der Waals surface area contributed by atoms with E-state index in [0.29, 0.717) is 11.1 Å². The molecule has 0 bridgehead atoms. The second-order valence-electron chi connectivity index (χ2n) is 4.79. The zero-order chi connectivity index (χ0) is 14.1. The van der Waals surface area contributed by atoms with Crippen LogP contribution in [0.5, 0.6) is 0 Å². The van der Waals surface area contributed by atoms with Gasteiger partial charge in [-0.1, -0.05) is 18.2 Å². The van der Waals surface area contributed by atoms with Gasteiger partial charge in [-0.3, -0.25) is 14.8 Å². The first kappa shape index (κ1) is 12.5. The van der Waals surface area contributed by atoms with Crippen molar-refractivity contribution in [3.8, 4) is 0 Å². The predicted molar refractivity (Wildman–Crippen MR) is 78.9 cm³/mol. The number of pyridine rings is 2. The van der Waals surface area contributed by atoms with Crippen LogP contribution in [-0.4, -0.2) is 15.8 Å². The zero-order valence-electron chi connectivity index (χ0n) is 11.4. The van der Waals surface area contributed by atoms with Gasteiger partial charge in [-0.25, -0.2) is 0 Å². The summed E-state index contributed by atoms with van der Waals surface area (Å²) in [5.74, 6) is -0.00593. The summed E-state index contributed by atoms with van der Waals surface area (Å²) in [6.45, 7) is 3.78. The lowest BCUT2D eigenvalue weighted by molar-refractivity contribution is 0.103. The zero-order valence-corrected chi connectivity index (χ0v) is 11.4. The van der Waals surface area contributed by atoms with Crippen molar-refractivity contribution in [1.82, 2.24) is 9.97 Å². The maximum absolute atomic E-state index is 12.7. The first-order chi connectivity index (χ1) is 9.66. The molecule has 0 saturated carbocycles. The average molecular weight is 262 g/mol. The summed E-state index contributed by atoms with van der Waals surface area (Å²) in [7, 11) is 0. The Kier molecular flexibility index (Phi) is 3.03. The highest BCUT2D eigenvalue weighted by atomic mass is 16.1. The van der Waals surface area contributed by atoms with Gasteiger partial charge in [-0.05, 0) is 38.1 Å². The van der Waals surface area contributed by atoms with E-state index in [0.717, 1.165) is 22.3 Å². The van der Waals surface area contributed by atoms with Gasteiger partial charge in [0.1, 0.15) is 0 Å². The Morgan fingerprint density at radius 1 is 0.950 bits per heavy atom. The highest BCUT2D eigenvalue weighted by molar-refractivity contribution is 6.16. The first-order valence-corrected chi connectivity index (χ1v) is 6.49. The van der Waals surface area contributed by atoms with Gasteiger partial charge in [0.05, 0.1) is 5.52 Å². The van der Waals surface area contributed by atoms with E-state index in [2.05, 4.69) is 9.97 Å². The lowest BCUT2D eigenvalue weighted by Gasteiger charge is -2.07. The molecule has 0 N–H and O–H groups in total. The number of hydrogen-bond acceptors (Lipinski definition) is 3. The van der Waals surface area contributed by atoms with Crippen molar-refractivity contribution in [2.45, 2.75) is 13.8 Å². The molecular weight excluding hydrogens is 248 g/mol. The van der Waals surface area contributed by atoms with Gasteiger partial charge in [0.15, 0.2) is 5.78 Å². The molecule has 20 heavy (non-hydrogen) atoms. The molecule has 3 nitrogen and oxygen atoms in total. The number of carbonyl (C=O) groups excluding carboxylic acids is 1. The van der Waals surface area contributed by atoms with E-state index in [1.807, 2.05) is 56.3 Å². The Morgan fingerprint density at radius 3 is 2.60 bits per heavy atom. The summed E-state index contributed by atoms with van der Waals surface area (Å²) < 4.78 is 0. The standard InChI is InChI=1S/C17H14N2O/c1-11-8-9-13(12(2)19-11)17(20)15-5-3-7-16-14(15)6-4-10-18-16/h3-10H,1-2H3. The SMILES string of the molecule is Cc1ccc(C(=O)c2cccc3ncccc23)c(C)n1. The number of hydrogen-bond donors (Lipinski definition) is 0.